The fourth-order valence-electron chi connectivity index (χ4n) is 2.91. The van der Waals surface area contributed by atoms with Gasteiger partial charge in [-0.15, -0.1) is 0 Å². The van der Waals surface area contributed by atoms with Crippen molar-refractivity contribution in [1.82, 2.24) is 5.32 Å². The lowest BCUT2D eigenvalue weighted by Crippen LogP contribution is -2.41. The lowest BCUT2D eigenvalue weighted by molar-refractivity contribution is 0.102. The zero-order valence-electron chi connectivity index (χ0n) is 12.9. The standard InChI is InChI=1S/C17H27NO2/c1-4-20-11-17(12(2)3)18-16-7-5-6-13-10-14(19)8-9-15(13)16/h8-10,12,16-19H,4-7,11H2,1-3H3. The van der Waals surface area contributed by atoms with Crippen LogP contribution in [0.15, 0.2) is 18.2 Å². The van der Waals surface area contributed by atoms with Crippen LogP contribution in [-0.4, -0.2) is 24.4 Å². The number of aryl methyl sites for hydroxylation is 1. The second-order valence-corrected chi connectivity index (χ2v) is 6.00. The molecule has 0 heterocycles. The number of rotatable bonds is 6. The van der Waals surface area contributed by atoms with E-state index in [9.17, 15) is 5.11 Å². The second-order valence-electron chi connectivity index (χ2n) is 6.00. The van der Waals surface area contributed by atoms with Gasteiger partial charge in [-0.2, -0.15) is 0 Å². The number of hydrogen-bond acceptors (Lipinski definition) is 3. The highest BCUT2D eigenvalue weighted by molar-refractivity contribution is 5.38. The van der Waals surface area contributed by atoms with E-state index in [4.69, 9.17) is 4.74 Å². The Morgan fingerprint density at radius 1 is 1.40 bits per heavy atom. The highest BCUT2D eigenvalue weighted by Crippen LogP contribution is 2.32. The van der Waals surface area contributed by atoms with Gasteiger partial charge in [0.1, 0.15) is 5.75 Å². The smallest absolute Gasteiger partial charge is 0.115 e. The Balaban J connectivity index is 2.10. The van der Waals surface area contributed by atoms with Crippen molar-refractivity contribution in [3.63, 3.8) is 0 Å². The quantitative estimate of drug-likeness (QED) is 0.837. The van der Waals surface area contributed by atoms with E-state index in [1.807, 2.05) is 13.0 Å². The Kier molecular flexibility index (Phi) is 5.44. The third kappa shape index (κ3) is 3.74. The molecule has 3 heteroatoms. The monoisotopic (exact) mass is 277 g/mol. The number of benzene rings is 1. The normalized spacial score (nSPS) is 19.9. The molecule has 0 radical (unpaired) electrons. The first-order chi connectivity index (χ1) is 9.61. The molecule has 1 aromatic carbocycles. The highest BCUT2D eigenvalue weighted by Gasteiger charge is 2.24. The Morgan fingerprint density at radius 2 is 2.20 bits per heavy atom. The topological polar surface area (TPSA) is 41.5 Å². The molecule has 0 spiro atoms. The van der Waals surface area contributed by atoms with Crippen LogP contribution in [-0.2, 0) is 11.2 Å². The fraction of sp³-hybridized carbons (Fsp3) is 0.647. The van der Waals surface area contributed by atoms with Gasteiger partial charge in [0.2, 0.25) is 0 Å². The lowest BCUT2D eigenvalue weighted by atomic mass is 9.86. The first-order valence-electron chi connectivity index (χ1n) is 7.77. The van der Waals surface area contributed by atoms with Crippen LogP contribution in [0.2, 0.25) is 0 Å². The Morgan fingerprint density at radius 3 is 2.90 bits per heavy atom. The van der Waals surface area contributed by atoms with Crippen LogP contribution in [0.5, 0.6) is 5.75 Å². The van der Waals surface area contributed by atoms with Crippen molar-refractivity contribution < 1.29 is 9.84 Å². The summed E-state index contributed by atoms with van der Waals surface area (Å²) in [5.41, 5.74) is 2.63. The Labute approximate surface area is 122 Å². The predicted octanol–water partition coefficient (Wildman–Crippen LogP) is 3.42. The van der Waals surface area contributed by atoms with Crippen LogP contribution in [0.4, 0.5) is 0 Å². The van der Waals surface area contributed by atoms with Gasteiger partial charge in [-0.25, -0.2) is 0 Å². The molecule has 3 nitrogen and oxygen atoms in total. The summed E-state index contributed by atoms with van der Waals surface area (Å²) < 4.78 is 5.60. The summed E-state index contributed by atoms with van der Waals surface area (Å²) in [5, 5.41) is 13.4. The van der Waals surface area contributed by atoms with Crippen molar-refractivity contribution in [3.05, 3.63) is 29.3 Å². The van der Waals surface area contributed by atoms with Crippen molar-refractivity contribution in [2.24, 2.45) is 5.92 Å². The summed E-state index contributed by atoms with van der Waals surface area (Å²) in [6.45, 7) is 8.03. The van der Waals surface area contributed by atoms with Crippen LogP contribution < -0.4 is 5.32 Å². The van der Waals surface area contributed by atoms with Crippen molar-refractivity contribution in [2.75, 3.05) is 13.2 Å². The van der Waals surface area contributed by atoms with Gasteiger partial charge in [-0.05, 0) is 55.4 Å². The van der Waals surface area contributed by atoms with Gasteiger partial charge in [0, 0.05) is 18.7 Å². The van der Waals surface area contributed by atoms with Gasteiger partial charge in [0.25, 0.3) is 0 Å². The SMILES string of the molecule is CCOCC(NC1CCCc2cc(O)ccc21)C(C)C. The third-order valence-electron chi connectivity index (χ3n) is 4.16. The molecule has 1 aliphatic rings. The van der Waals surface area contributed by atoms with Gasteiger partial charge in [0.05, 0.1) is 6.61 Å². The highest BCUT2D eigenvalue weighted by atomic mass is 16.5. The van der Waals surface area contributed by atoms with Crippen LogP contribution in [0.25, 0.3) is 0 Å². The molecule has 2 rings (SSSR count). The molecule has 0 aromatic heterocycles. The first-order valence-corrected chi connectivity index (χ1v) is 7.77. The van der Waals surface area contributed by atoms with Crippen molar-refractivity contribution >= 4 is 0 Å². The average Bonchev–Trinajstić information content (AvgIpc) is 2.42. The molecule has 0 amide bonds. The van der Waals surface area contributed by atoms with E-state index in [2.05, 4.69) is 25.2 Å². The van der Waals surface area contributed by atoms with E-state index in [0.29, 0.717) is 23.8 Å². The van der Waals surface area contributed by atoms with Gasteiger partial charge < -0.3 is 15.2 Å². The molecule has 20 heavy (non-hydrogen) atoms. The summed E-state index contributed by atoms with van der Waals surface area (Å²) >= 11 is 0. The van der Waals surface area contributed by atoms with Gasteiger partial charge in [0.15, 0.2) is 0 Å². The molecule has 0 saturated heterocycles. The average molecular weight is 277 g/mol. The Hall–Kier alpha value is -1.06. The van der Waals surface area contributed by atoms with Crippen LogP contribution in [0.3, 0.4) is 0 Å². The van der Waals surface area contributed by atoms with E-state index >= 15 is 0 Å². The molecule has 2 atom stereocenters. The summed E-state index contributed by atoms with van der Waals surface area (Å²) in [6.07, 6.45) is 3.40. The number of ether oxygens (including phenoxy) is 1. The van der Waals surface area contributed by atoms with Crippen LogP contribution in [0.1, 0.15) is 50.8 Å². The van der Waals surface area contributed by atoms with Crippen molar-refractivity contribution in [2.45, 2.75) is 52.1 Å². The summed E-state index contributed by atoms with van der Waals surface area (Å²) in [6, 6.07) is 6.54. The fourth-order valence-corrected chi connectivity index (χ4v) is 2.91. The van der Waals surface area contributed by atoms with E-state index < -0.39 is 0 Å². The molecular weight excluding hydrogens is 250 g/mol. The molecule has 2 N–H and O–H groups in total. The van der Waals surface area contributed by atoms with E-state index in [-0.39, 0.29) is 0 Å². The number of phenolic OH excluding ortho intramolecular Hbond substituents is 1. The van der Waals surface area contributed by atoms with Crippen molar-refractivity contribution in [3.8, 4) is 5.75 Å². The largest absolute Gasteiger partial charge is 0.508 e. The summed E-state index contributed by atoms with van der Waals surface area (Å²) in [5.74, 6) is 0.920. The minimum atomic E-state index is 0.374. The van der Waals surface area contributed by atoms with E-state index in [1.165, 1.54) is 17.5 Å². The molecule has 2 unspecified atom stereocenters. The molecule has 0 saturated carbocycles. The maximum Gasteiger partial charge on any atom is 0.115 e. The number of fused-ring (bicyclic) bond motifs is 1. The maximum absolute atomic E-state index is 9.62. The molecular formula is C17H27NO2. The third-order valence-corrected chi connectivity index (χ3v) is 4.16. The summed E-state index contributed by atoms with van der Waals surface area (Å²) in [7, 11) is 0. The molecule has 112 valence electrons. The number of phenols is 1. The number of aromatic hydroxyl groups is 1. The van der Waals surface area contributed by atoms with Gasteiger partial charge in [-0.1, -0.05) is 19.9 Å². The minimum absolute atomic E-state index is 0.374. The maximum atomic E-state index is 9.62. The minimum Gasteiger partial charge on any atom is -0.508 e. The van der Waals surface area contributed by atoms with E-state index in [0.717, 1.165) is 26.1 Å². The number of nitrogens with one attached hydrogen (secondary N) is 1. The van der Waals surface area contributed by atoms with Crippen LogP contribution >= 0.6 is 0 Å². The predicted molar refractivity (Wildman–Crippen MR) is 82.0 cm³/mol. The van der Waals surface area contributed by atoms with Gasteiger partial charge >= 0.3 is 0 Å². The molecule has 1 aromatic rings. The lowest BCUT2D eigenvalue weighted by Gasteiger charge is -2.32. The van der Waals surface area contributed by atoms with Crippen molar-refractivity contribution in [1.29, 1.82) is 0 Å². The Bertz CT molecular complexity index is 431. The molecule has 1 aliphatic carbocycles. The number of hydrogen-bond donors (Lipinski definition) is 2. The molecule has 0 aliphatic heterocycles. The van der Waals surface area contributed by atoms with Gasteiger partial charge in [-0.3, -0.25) is 0 Å². The zero-order chi connectivity index (χ0) is 14.5. The molecule has 0 fully saturated rings. The zero-order valence-corrected chi connectivity index (χ0v) is 12.9. The summed E-state index contributed by atoms with van der Waals surface area (Å²) in [4.78, 5) is 0. The second kappa shape index (κ2) is 7.09. The van der Waals surface area contributed by atoms with E-state index in [1.54, 1.807) is 6.07 Å². The van der Waals surface area contributed by atoms with Crippen LogP contribution in [0, 0.1) is 5.92 Å². The first kappa shape index (κ1) is 15.3. The molecule has 0 bridgehead atoms.